The molecular weight excluding hydrogens is 314 g/mol. The third-order valence-electron chi connectivity index (χ3n) is 3.90. The summed E-state index contributed by atoms with van der Waals surface area (Å²) in [6.07, 6.45) is 2.00. The molecule has 3 rings (SSSR count). The van der Waals surface area contributed by atoms with Crippen molar-refractivity contribution in [3.05, 3.63) is 47.4 Å². The van der Waals surface area contributed by atoms with Crippen molar-refractivity contribution in [2.45, 2.75) is 53.2 Å². The molecule has 0 aliphatic carbocycles. The first kappa shape index (κ1) is 17.2. The summed E-state index contributed by atoms with van der Waals surface area (Å²) >= 11 is 0. The summed E-state index contributed by atoms with van der Waals surface area (Å²) in [5, 5.41) is 7.84. The summed E-state index contributed by atoms with van der Waals surface area (Å²) in [5.41, 5.74) is 3.06. The molecule has 132 valence electrons. The van der Waals surface area contributed by atoms with Crippen molar-refractivity contribution in [1.29, 1.82) is 0 Å². The van der Waals surface area contributed by atoms with Gasteiger partial charge in [0.25, 0.3) is 0 Å². The Balaban J connectivity index is 1.89. The lowest BCUT2D eigenvalue weighted by Gasteiger charge is -2.15. The van der Waals surface area contributed by atoms with Crippen molar-refractivity contribution in [3.8, 4) is 5.75 Å². The van der Waals surface area contributed by atoms with Gasteiger partial charge in [-0.25, -0.2) is 4.98 Å². The lowest BCUT2D eigenvalue weighted by atomic mass is 10.1. The number of nitrogens with one attached hydrogen (secondary N) is 1. The van der Waals surface area contributed by atoms with Gasteiger partial charge in [0.05, 0.1) is 12.3 Å². The Morgan fingerprint density at radius 2 is 1.88 bits per heavy atom. The number of fused-ring (bicyclic) bond motifs is 1. The smallest absolute Gasteiger partial charge is 0.227 e. The van der Waals surface area contributed by atoms with Gasteiger partial charge in [-0.3, -0.25) is 0 Å². The van der Waals surface area contributed by atoms with E-state index in [-0.39, 0.29) is 6.10 Å². The number of para-hydroxylation sites is 1. The van der Waals surface area contributed by atoms with E-state index in [1.54, 1.807) is 4.52 Å². The summed E-state index contributed by atoms with van der Waals surface area (Å²) < 4.78 is 7.66. The first-order valence-electron chi connectivity index (χ1n) is 8.66. The molecule has 0 atom stereocenters. The molecule has 2 aromatic heterocycles. The summed E-state index contributed by atoms with van der Waals surface area (Å²) in [6, 6.07) is 8.04. The van der Waals surface area contributed by atoms with Crippen molar-refractivity contribution in [2.24, 2.45) is 0 Å². The Kier molecular flexibility index (Phi) is 4.88. The highest BCUT2D eigenvalue weighted by molar-refractivity contribution is 5.52. The summed E-state index contributed by atoms with van der Waals surface area (Å²) in [6.45, 7) is 10.8. The van der Waals surface area contributed by atoms with Gasteiger partial charge < -0.3 is 10.1 Å². The highest BCUT2D eigenvalue weighted by atomic mass is 16.5. The second-order valence-electron chi connectivity index (χ2n) is 6.71. The standard InChI is InChI=1S/C19H25N5O/c1-12(2)16-11-21-24-18(16)22-14(5)23-19(24)20-10-15-8-6-7-9-17(15)25-13(3)4/h6-9,11-13H,10H2,1-5H3,(H,20,22,23). The van der Waals surface area contributed by atoms with Crippen molar-refractivity contribution >= 4 is 11.6 Å². The average molecular weight is 339 g/mol. The van der Waals surface area contributed by atoms with Crippen molar-refractivity contribution in [1.82, 2.24) is 19.6 Å². The molecule has 0 fully saturated rings. The van der Waals surface area contributed by atoms with Gasteiger partial charge in [0.15, 0.2) is 5.65 Å². The van der Waals surface area contributed by atoms with Crippen LogP contribution in [0.25, 0.3) is 5.65 Å². The third kappa shape index (κ3) is 3.73. The molecule has 3 aromatic rings. The monoisotopic (exact) mass is 339 g/mol. The fraction of sp³-hybridized carbons (Fsp3) is 0.421. The van der Waals surface area contributed by atoms with E-state index in [4.69, 9.17) is 4.74 Å². The Bertz CT molecular complexity index is 869. The number of aromatic nitrogens is 4. The molecule has 0 aliphatic heterocycles. The molecule has 0 amide bonds. The zero-order valence-corrected chi connectivity index (χ0v) is 15.4. The summed E-state index contributed by atoms with van der Waals surface area (Å²) in [5.74, 6) is 2.66. The molecule has 25 heavy (non-hydrogen) atoms. The molecule has 1 N–H and O–H groups in total. The highest BCUT2D eigenvalue weighted by Crippen LogP contribution is 2.23. The number of hydrogen-bond donors (Lipinski definition) is 1. The average Bonchev–Trinajstić information content (AvgIpc) is 2.97. The first-order valence-corrected chi connectivity index (χ1v) is 8.66. The molecule has 1 aromatic carbocycles. The zero-order valence-electron chi connectivity index (χ0n) is 15.4. The van der Waals surface area contributed by atoms with E-state index in [2.05, 4.69) is 40.3 Å². The van der Waals surface area contributed by atoms with Gasteiger partial charge in [-0.05, 0) is 32.8 Å². The van der Waals surface area contributed by atoms with E-state index in [0.29, 0.717) is 18.4 Å². The molecule has 2 heterocycles. The minimum atomic E-state index is 0.133. The Morgan fingerprint density at radius 3 is 2.60 bits per heavy atom. The van der Waals surface area contributed by atoms with Crippen LogP contribution >= 0.6 is 0 Å². The molecule has 0 bridgehead atoms. The lowest BCUT2D eigenvalue weighted by Crippen LogP contribution is -2.12. The summed E-state index contributed by atoms with van der Waals surface area (Å²) in [7, 11) is 0. The van der Waals surface area contributed by atoms with Gasteiger partial charge in [-0.2, -0.15) is 14.6 Å². The van der Waals surface area contributed by atoms with Crippen LogP contribution in [0.4, 0.5) is 5.95 Å². The Hall–Kier alpha value is -2.63. The molecule has 6 nitrogen and oxygen atoms in total. The lowest BCUT2D eigenvalue weighted by molar-refractivity contribution is 0.240. The predicted molar refractivity (Wildman–Crippen MR) is 99.1 cm³/mol. The van der Waals surface area contributed by atoms with Gasteiger partial charge in [0, 0.05) is 17.7 Å². The van der Waals surface area contributed by atoms with Crippen LogP contribution in [-0.4, -0.2) is 25.7 Å². The van der Waals surface area contributed by atoms with Gasteiger partial charge >= 0.3 is 0 Å². The van der Waals surface area contributed by atoms with Crippen LogP contribution in [0.15, 0.2) is 30.5 Å². The minimum absolute atomic E-state index is 0.133. The molecule has 0 radical (unpaired) electrons. The normalized spacial score (nSPS) is 11.5. The Labute approximate surface area is 148 Å². The maximum atomic E-state index is 5.89. The van der Waals surface area contributed by atoms with Crippen molar-refractivity contribution in [2.75, 3.05) is 5.32 Å². The molecule has 0 saturated carbocycles. The van der Waals surface area contributed by atoms with E-state index in [9.17, 15) is 0 Å². The molecular formula is C19H25N5O. The number of rotatable bonds is 6. The first-order chi connectivity index (χ1) is 12.0. The maximum absolute atomic E-state index is 5.89. The van der Waals surface area contributed by atoms with Crippen LogP contribution < -0.4 is 10.1 Å². The van der Waals surface area contributed by atoms with Crippen LogP contribution in [0.5, 0.6) is 5.75 Å². The van der Waals surface area contributed by atoms with Gasteiger partial charge in [0.1, 0.15) is 11.6 Å². The van der Waals surface area contributed by atoms with Crippen LogP contribution in [0.3, 0.4) is 0 Å². The van der Waals surface area contributed by atoms with E-state index < -0.39 is 0 Å². The van der Waals surface area contributed by atoms with Crippen LogP contribution in [0.2, 0.25) is 0 Å². The van der Waals surface area contributed by atoms with Gasteiger partial charge in [-0.1, -0.05) is 32.0 Å². The number of anilines is 1. The number of hydrogen-bond acceptors (Lipinski definition) is 5. The Morgan fingerprint density at radius 1 is 1.12 bits per heavy atom. The second kappa shape index (κ2) is 7.09. The van der Waals surface area contributed by atoms with Crippen molar-refractivity contribution in [3.63, 3.8) is 0 Å². The fourth-order valence-corrected chi connectivity index (χ4v) is 2.72. The second-order valence-corrected chi connectivity index (χ2v) is 6.71. The number of nitrogens with zero attached hydrogens (tertiary/aromatic N) is 4. The molecule has 0 spiro atoms. The third-order valence-corrected chi connectivity index (χ3v) is 3.90. The van der Waals surface area contributed by atoms with E-state index >= 15 is 0 Å². The largest absolute Gasteiger partial charge is 0.491 e. The topological polar surface area (TPSA) is 64.3 Å². The number of benzene rings is 1. The minimum Gasteiger partial charge on any atom is -0.491 e. The molecule has 0 saturated heterocycles. The molecule has 0 aliphatic rings. The molecule has 6 heteroatoms. The fourth-order valence-electron chi connectivity index (χ4n) is 2.72. The quantitative estimate of drug-likeness (QED) is 0.736. The highest BCUT2D eigenvalue weighted by Gasteiger charge is 2.14. The maximum Gasteiger partial charge on any atom is 0.227 e. The number of ether oxygens (including phenoxy) is 1. The molecule has 0 unspecified atom stereocenters. The van der Waals surface area contributed by atoms with Crippen LogP contribution in [-0.2, 0) is 6.54 Å². The van der Waals surface area contributed by atoms with Crippen molar-refractivity contribution < 1.29 is 4.74 Å². The van der Waals surface area contributed by atoms with Gasteiger partial charge in [-0.15, -0.1) is 0 Å². The van der Waals surface area contributed by atoms with E-state index in [1.165, 1.54) is 0 Å². The zero-order chi connectivity index (χ0) is 18.0. The van der Waals surface area contributed by atoms with E-state index in [1.807, 2.05) is 45.2 Å². The predicted octanol–water partition coefficient (Wildman–Crippen LogP) is 3.96. The van der Waals surface area contributed by atoms with Crippen LogP contribution in [0, 0.1) is 6.92 Å². The number of aryl methyl sites for hydroxylation is 1. The van der Waals surface area contributed by atoms with Crippen LogP contribution in [0.1, 0.15) is 50.6 Å². The van der Waals surface area contributed by atoms with E-state index in [0.717, 1.165) is 28.3 Å². The SMILES string of the molecule is Cc1nc(NCc2ccccc2OC(C)C)n2ncc(C(C)C)c2n1. The van der Waals surface area contributed by atoms with Gasteiger partial charge in [0.2, 0.25) is 5.95 Å². The summed E-state index contributed by atoms with van der Waals surface area (Å²) in [4.78, 5) is 9.07.